The number of hydrogen-bond acceptors (Lipinski definition) is 4. The monoisotopic (exact) mass is 326 g/mol. The minimum absolute atomic E-state index is 0.0851. The van der Waals surface area contributed by atoms with E-state index >= 15 is 0 Å². The van der Waals surface area contributed by atoms with E-state index in [1.807, 2.05) is 0 Å². The number of rotatable bonds is 6. The molecule has 0 spiro atoms. The second-order valence-corrected chi connectivity index (χ2v) is 7.41. The lowest BCUT2D eigenvalue weighted by Crippen LogP contribution is -2.60. The van der Waals surface area contributed by atoms with Crippen LogP contribution >= 0.6 is 0 Å². The molecule has 0 heterocycles. The van der Waals surface area contributed by atoms with Crippen LogP contribution in [0.2, 0.25) is 0 Å². The fraction of sp³-hybridized carbons (Fsp3) is 0.429. The van der Waals surface area contributed by atoms with Gasteiger partial charge < -0.3 is 10.4 Å². The maximum Gasteiger partial charge on any atom is 0.329 e. The topological polar surface area (TPSA) is 104 Å². The normalized spacial score (nSPS) is 16.8. The molecule has 0 radical (unpaired) electrons. The summed E-state index contributed by atoms with van der Waals surface area (Å²) >= 11 is 0. The Morgan fingerprint density at radius 2 is 1.86 bits per heavy atom. The Labute approximate surface area is 129 Å². The van der Waals surface area contributed by atoms with Crippen LogP contribution in [0.25, 0.3) is 0 Å². The van der Waals surface area contributed by atoms with Crippen LogP contribution in [0.1, 0.15) is 19.3 Å². The molecule has 1 aromatic carbocycles. The molecule has 2 rings (SSSR count). The van der Waals surface area contributed by atoms with Crippen molar-refractivity contribution in [2.45, 2.75) is 29.7 Å². The molecule has 0 aromatic heterocycles. The van der Waals surface area contributed by atoms with Gasteiger partial charge in [0.2, 0.25) is 15.9 Å². The average Bonchev–Trinajstić information content (AvgIpc) is 2.43. The van der Waals surface area contributed by atoms with Crippen LogP contribution in [0.4, 0.5) is 0 Å². The molecular weight excluding hydrogens is 308 g/mol. The third kappa shape index (κ3) is 3.12. The number of carboxylic acid groups (broad SMARTS) is 1. The molecule has 2 N–H and O–H groups in total. The van der Waals surface area contributed by atoms with Crippen LogP contribution in [0.3, 0.4) is 0 Å². The van der Waals surface area contributed by atoms with Gasteiger partial charge in [0.25, 0.3) is 0 Å². The SMILES string of the molecule is CN(CC(=O)NC1(C(=O)O)CCC1)S(=O)(=O)c1ccccc1. The lowest BCUT2D eigenvalue weighted by Gasteiger charge is -2.38. The summed E-state index contributed by atoms with van der Waals surface area (Å²) in [5.74, 6) is -1.70. The number of nitrogens with zero attached hydrogens (tertiary/aromatic N) is 1. The van der Waals surface area contributed by atoms with Crippen molar-refractivity contribution in [1.82, 2.24) is 9.62 Å². The first-order valence-corrected chi connectivity index (χ1v) is 8.28. The van der Waals surface area contributed by atoms with Crippen LogP contribution in [0.15, 0.2) is 35.2 Å². The van der Waals surface area contributed by atoms with Crippen molar-refractivity contribution >= 4 is 21.9 Å². The second kappa shape index (κ2) is 6.05. The Morgan fingerprint density at radius 1 is 1.27 bits per heavy atom. The smallest absolute Gasteiger partial charge is 0.329 e. The predicted molar refractivity (Wildman–Crippen MR) is 78.6 cm³/mol. The van der Waals surface area contributed by atoms with Crippen LogP contribution in [0.5, 0.6) is 0 Å². The summed E-state index contributed by atoms with van der Waals surface area (Å²) in [6, 6.07) is 7.75. The Balaban J connectivity index is 2.04. The van der Waals surface area contributed by atoms with Gasteiger partial charge in [0.1, 0.15) is 5.54 Å². The number of aliphatic carboxylic acids is 1. The molecule has 7 nitrogen and oxygen atoms in total. The molecule has 1 fully saturated rings. The summed E-state index contributed by atoms with van der Waals surface area (Å²) < 4.78 is 25.5. The zero-order valence-electron chi connectivity index (χ0n) is 12.2. The molecule has 1 amide bonds. The van der Waals surface area contributed by atoms with Gasteiger partial charge in [0.15, 0.2) is 0 Å². The molecule has 0 bridgehead atoms. The molecule has 0 saturated heterocycles. The van der Waals surface area contributed by atoms with Gasteiger partial charge in [-0.1, -0.05) is 18.2 Å². The van der Waals surface area contributed by atoms with E-state index in [0.29, 0.717) is 12.8 Å². The van der Waals surface area contributed by atoms with E-state index < -0.39 is 34.0 Å². The summed E-state index contributed by atoms with van der Waals surface area (Å²) in [6.45, 7) is -0.424. The second-order valence-electron chi connectivity index (χ2n) is 5.36. The Morgan fingerprint density at radius 3 is 2.32 bits per heavy atom. The van der Waals surface area contributed by atoms with E-state index in [-0.39, 0.29) is 4.90 Å². The molecular formula is C14H18N2O5S. The highest BCUT2D eigenvalue weighted by Crippen LogP contribution is 2.32. The zero-order chi connectivity index (χ0) is 16.4. The molecule has 1 saturated carbocycles. The quantitative estimate of drug-likeness (QED) is 0.789. The number of carbonyl (C=O) groups is 2. The van der Waals surface area contributed by atoms with Crippen LogP contribution in [-0.4, -0.2) is 48.8 Å². The summed E-state index contributed by atoms with van der Waals surface area (Å²) in [5, 5.41) is 11.6. The maximum atomic E-state index is 12.3. The first-order chi connectivity index (χ1) is 10.3. The lowest BCUT2D eigenvalue weighted by atomic mass is 9.77. The zero-order valence-corrected chi connectivity index (χ0v) is 13.0. The third-order valence-electron chi connectivity index (χ3n) is 3.81. The molecule has 0 unspecified atom stereocenters. The highest BCUT2D eigenvalue weighted by Gasteiger charge is 2.45. The van der Waals surface area contributed by atoms with Crippen LogP contribution in [-0.2, 0) is 19.6 Å². The van der Waals surface area contributed by atoms with Gasteiger partial charge in [-0.15, -0.1) is 0 Å². The van der Waals surface area contributed by atoms with E-state index in [2.05, 4.69) is 5.32 Å². The molecule has 0 atom stereocenters. The number of sulfonamides is 1. The Hall–Kier alpha value is -1.93. The molecule has 1 aromatic rings. The van der Waals surface area contributed by atoms with Crippen molar-refractivity contribution in [2.24, 2.45) is 0 Å². The largest absolute Gasteiger partial charge is 0.480 e. The van der Waals surface area contributed by atoms with Crippen molar-refractivity contribution in [3.05, 3.63) is 30.3 Å². The lowest BCUT2D eigenvalue weighted by molar-refractivity contribution is -0.151. The van der Waals surface area contributed by atoms with Gasteiger partial charge in [0, 0.05) is 7.05 Å². The van der Waals surface area contributed by atoms with Crippen LogP contribution in [0, 0.1) is 0 Å². The van der Waals surface area contributed by atoms with Gasteiger partial charge in [0.05, 0.1) is 11.4 Å². The minimum atomic E-state index is -3.77. The van der Waals surface area contributed by atoms with E-state index in [4.69, 9.17) is 5.11 Å². The minimum Gasteiger partial charge on any atom is -0.480 e. The van der Waals surface area contributed by atoms with E-state index in [0.717, 1.165) is 10.7 Å². The molecule has 1 aliphatic rings. The summed E-state index contributed by atoms with van der Waals surface area (Å²) in [7, 11) is -2.49. The predicted octanol–water partition coefficient (Wildman–Crippen LogP) is 0.431. The third-order valence-corrected chi connectivity index (χ3v) is 5.63. The number of benzene rings is 1. The number of carboxylic acids is 1. The molecule has 0 aliphatic heterocycles. The van der Waals surface area contributed by atoms with Crippen LogP contribution < -0.4 is 5.32 Å². The van der Waals surface area contributed by atoms with Crippen molar-refractivity contribution in [3.8, 4) is 0 Å². The van der Waals surface area contributed by atoms with Gasteiger partial charge in [-0.25, -0.2) is 13.2 Å². The highest BCUT2D eigenvalue weighted by atomic mass is 32.2. The van der Waals surface area contributed by atoms with E-state index in [1.54, 1.807) is 18.2 Å². The first kappa shape index (κ1) is 16.4. The van der Waals surface area contributed by atoms with E-state index in [1.165, 1.54) is 19.2 Å². The molecule has 22 heavy (non-hydrogen) atoms. The Bertz CT molecular complexity index is 668. The van der Waals surface area contributed by atoms with Crippen molar-refractivity contribution in [1.29, 1.82) is 0 Å². The number of nitrogens with one attached hydrogen (secondary N) is 1. The number of hydrogen-bond donors (Lipinski definition) is 2. The highest BCUT2D eigenvalue weighted by molar-refractivity contribution is 7.89. The summed E-state index contributed by atoms with van der Waals surface area (Å²) in [6.07, 6.45) is 1.46. The van der Waals surface area contributed by atoms with Crippen molar-refractivity contribution in [3.63, 3.8) is 0 Å². The van der Waals surface area contributed by atoms with Gasteiger partial charge >= 0.3 is 5.97 Å². The molecule has 8 heteroatoms. The summed E-state index contributed by atoms with van der Waals surface area (Å²) in [5.41, 5.74) is -1.24. The number of carbonyl (C=O) groups excluding carboxylic acids is 1. The maximum absolute atomic E-state index is 12.3. The number of likely N-dealkylation sites (N-methyl/N-ethyl adjacent to an activating group) is 1. The molecule has 1 aliphatic carbocycles. The van der Waals surface area contributed by atoms with Crippen molar-refractivity contribution < 1.29 is 23.1 Å². The van der Waals surface area contributed by atoms with Gasteiger partial charge in [-0.3, -0.25) is 4.79 Å². The van der Waals surface area contributed by atoms with Gasteiger partial charge in [-0.05, 0) is 31.4 Å². The summed E-state index contributed by atoms with van der Waals surface area (Å²) in [4.78, 5) is 23.2. The van der Waals surface area contributed by atoms with E-state index in [9.17, 15) is 18.0 Å². The fourth-order valence-electron chi connectivity index (χ4n) is 2.29. The molecule has 120 valence electrons. The number of amides is 1. The fourth-order valence-corrected chi connectivity index (χ4v) is 3.44. The standard InChI is InChI=1S/C14H18N2O5S/c1-16(22(20,21)11-6-3-2-4-7-11)10-12(17)15-14(13(18)19)8-5-9-14/h2-4,6-7H,5,8-10H2,1H3,(H,15,17)(H,18,19). The average molecular weight is 326 g/mol. The van der Waals surface area contributed by atoms with Crippen molar-refractivity contribution in [2.75, 3.05) is 13.6 Å². The Kier molecular flexibility index (Phi) is 4.52. The van der Waals surface area contributed by atoms with Gasteiger partial charge in [-0.2, -0.15) is 4.31 Å². The first-order valence-electron chi connectivity index (χ1n) is 6.84.